The van der Waals surface area contributed by atoms with E-state index in [0.717, 1.165) is 18.7 Å². The molecule has 82 valence electrons. The van der Waals surface area contributed by atoms with Crippen molar-refractivity contribution in [1.82, 2.24) is 4.98 Å². The number of carboxylic acid groups (broad SMARTS) is 1. The molecule has 4 nitrogen and oxygen atoms in total. The van der Waals surface area contributed by atoms with Crippen LogP contribution in [0.5, 0.6) is 0 Å². The fourth-order valence-electron chi connectivity index (χ4n) is 1.44. The van der Waals surface area contributed by atoms with Crippen LogP contribution in [0.2, 0.25) is 0 Å². The summed E-state index contributed by atoms with van der Waals surface area (Å²) in [6.45, 7) is 4.71. The van der Waals surface area contributed by atoms with Crippen molar-refractivity contribution in [2.75, 3.05) is 18.5 Å². The summed E-state index contributed by atoms with van der Waals surface area (Å²) in [6.07, 6.45) is 0.963. The molecule has 0 aromatic carbocycles. The van der Waals surface area contributed by atoms with Gasteiger partial charge < -0.3 is 10.0 Å². The molecule has 0 aliphatic carbocycles. The zero-order valence-electron chi connectivity index (χ0n) is 9.32. The molecule has 0 aliphatic rings. The smallest absolute Gasteiger partial charge is 0.339 e. The molecule has 15 heavy (non-hydrogen) atoms. The summed E-state index contributed by atoms with van der Waals surface area (Å²) >= 11 is 0. The first-order valence-corrected chi connectivity index (χ1v) is 4.98. The van der Waals surface area contributed by atoms with Gasteiger partial charge in [0.25, 0.3) is 0 Å². The number of carbonyl (C=O) groups is 1. The molecule has 1 rings (SSSR count). The summed E-state index contributed by atoms with van der Waals surface area (Å²) in [4.78, 5) is 17.1. The Kier molecular flexibility index (Phi) is 3.66. The maximum atomic E-state index is 11.0. The Balaban J connectivity index is 3.12. The van der Waals surface area contributed by atoms with Crippen LogP contribution in [0, 0.1) is 6.92 Å². The number of rotatable bonds is 4. The Bertz CT molecular complexity index is 364. The van der Waals surface area contributed by atoms with Crippen LogP contribution < -0.4 is 4.90 Å². The van der Waals surface area contributed by atoms with E-state index in [9.17, 15) is 4.79 Å². The summed E-state index contributed by atoms with van der Waals surface area (Å²) in [5.74, 6) is -0.384. The zero-order valence-corrected chi connectivity index (χ0v) is 9.32. The maximum Gasteiger partial charge on any atom is 0.339 e. The lowest BCUT2D eigenvalue weighted by atomic mass is 10.2. The first kappa shape index (κ1) is 11.5. The van der Waals surface area contributed by atoms with E-state index >= 15 is 0 Å². The van der Waals surface area contributed by atoms with Crippen LogP contribution in [0.25, 0.3) is 0 Å². The Labute approximate surface area is 89.6 Å². The van der Waals surface area contributed by atoms with Gasteiger partial charge in [0, 0.05) is 19.3 Å². The number of pyridine rings is 1. The van der Waals surface area contributed by atoms with E-state index in [1.165, 1.54) is 0 Å². The van der Waals surface area contributed by atoms with E-state index in [2.05, 4.69) is 4.98 Å². The van der Waals surface area contributed by atoms with Crippen molar-refractivity contribution >= 4 is 11.8 Å². The number of hydrogen-bond acceptors (Lipinski definition) is 3. The summed E-state index contributed by atoms with van der Waals surface area (Å²) in [5.41, 5.74) is 1.09. The average molecular weight is 208 g/mol. The van der Waals surface area contributed by atoms with Crippen molar-refractivity contribution in [3.8, 4) is 0 Å². The molecule has 0 atom stereocenters. The molecule has 1 aromatic rings. The lowest BCUT2D eigenvalue weighted by Gasteiger charge is -2.19. The molecule has 1 heterocycles. The van der Waals surface area contributed by atoms with Crippen LogP contribution in [0.15, 0.2) is 12.1 Å². The van der Waals surface area contributed by atoms with E-state index in [1.807, 2.05) is 25.8 Å². The normalized spacial score (nSPS) is 10.1. The summed E-state index contributed by atoms with van der Waals surface area (Å²) in [6, 6.07) is 3.32. The highest BCUT2D eigenvalue weighted by molar-refractivity contribution is 5.93. The van der Waals surface area contributed by atoms with Crippen molar-refractivity contribution < 1.29 is 9.90 Å². The van der Waals surface area contributed by atoms with Crippen LogP contribution in [-0.4, -0.2) is 29.7 Å². The lowest BCUT2D eigenvalue weighted by molar-refractivity contribution is 0.0697. The monoisotopic (exact) mass is 208 g/mol. The van der Waals surface area contributed by atoms with Gasteiger partial charge in [0.15, 0.2) is 0 Å². The SMILES string of the molecule is CCCN(C)c1nc(C)ccc1C(=O)O. The fraction of sp³-hybridized carbons (Fsp3) is 0.455. The van der Waals surface area contributed by atoms with E-state index < -0.39 is 5.97 Å². The zero-order chi connectivity index (χ0) is 11.4. The van der Waals surface area contributed by atoms with E-state index in [-0.39, 0.29) is 5.56 Å². The minimum atomic E-state index is -0.930. The molecule has 0 spiro atoms. The Hall–Kier alpha value is -1.58. The minimum absolute atomic E-state index is 0.261. The van der Waals surface area contributed by atoms with Gasteiger partial charge in [-0.2, -0.15) is 0 Å². The third-order valence-corrected chi connectivity index (χ3v) is 2.17. The van der Waals surface area contributed by atoms with E-state index in [1.54, 1.807) is 12.1 Å². The molecule has 0 fully saturated rings. The molecule has 1 aromatic heterocycles. The van der Waals surface area contributed by atoms with Gasteiger partial charge in [0.05, 0.1) is 0 Å². The van der Waals surface area contributed by atoms with Gasteiger partial charge in [-0.05, 0) is 25.5 Å². The maximum absolute atomic E-state index is 11.0. The van der Waals surface area contributed by atoms with Gasteiger partial charge in [-0.1, -0.05) is 6.92 Å². The minimum Gasteiger partial charge on any atom is -0.478 e. The molecule has 0 saturated heterocycles. The number of anilines is 1. The number of carboxylic acids is 1. The van der Waals surface area contributed by atoms with Crippen molar-refractivity contribution in [1.29, 1.82) is 0 Å². The standard InChI is InChI=1S/C11H16N2O2/c1-4-7-13(3)10-9(11(14)15)6-5-8(2)12-10/h5-6H,4,7H2,1-3H3,(H,14,15). The third kappa shape index (κ3) is 2.68. The second kappa shape index (κ2) is 4.77. The molecular formula is C11H16N2O2. The summed E-state index contributed by atoms with van der Waals surface area (Å²) in [5, 5.41) is 9.01. The van der Waals surface area contributed by atoms with Crippen LogP contribution in [0.1, 0.15) is 29.4 Å². The molecule has 1 N–H and O–H groups in total. The van der Waals surface area contributed by atoms with Gasteiger partial charge in [0.2, 0.25) is 0 Å². The Morgan fingerprint density at radius 2 is 2.20 bits per heavy atom. The van der Waals surface area contributed by atoms with Gasteiger partial charge >= 0.3 is 5.97 Å². The Morgan fingerprint density at radius 3 is 2.73 bits per heavy atom. The number of aromatic carboxylic acids is 1. The molecule has 0 unspecified atom stereocenters. The molecule has 0 saturated carbocycles. The average Bonchev–Trinajstić information content (AvgIpc) is 2.17. The quantitative estimate of drug-likeness (QED) is 0.821. The molecule has 0 aliphatic heterocycles. The number of aromatic nitrogens is 1. The third-order valence-electron chi connectivity index (χ3n) is 2.17. The van der Waals surface area contributed by atoms with Crippen LogP contribution in [0.3, 0.4) is 0 Å². The van der Waals surface area contributed by atoms with Gasteiger partial charge in [0.1, 0.15) is 11.4 Å². The van der Waals surface area contributed by atoms with Crippen LogP contribution >= 0.6 is 0 Å². The highest BCUT2D eigenvalue weighted by Gasteiger charge is 2.14. The lowest BCUT2D eigenvalue weighted by Crippen LogP contribution is -2.22. The first-order chi connectivity index (χ1) is 7.06. The van der Waals surface area contributed by atoms with Gasteiger partial charge in [-0.25, -0.2) is 9.78 Å². The predicted molar refractivity (Wildman–Crippen MR) is 59.5 cm³/mol. The highest BCUT2D eigenvalue weighted by Crippen LogP contribution is 2.17. The predicted octanol–water partition coefficient (Wildman–Crippen LogP) is 1.93. The second-order valence-corrected chi connectivity index (χ2v) is 3.55. The highest BCUT2D eigenvalue weighted by atomic mass is 16.4. The van der Waals surface area contributed by atoms with Crippen molar-refractivity contribution in [3.05, 3.63) is 23.4 Å². The fourth-order valence-corrected chi connectivity index (χ4v) is 1.44. The van der Waals surface area contributed by atoms with Crippen molar-refractivity contribution in [3.63, 3.8) is 0 Å². The number of nitrogens with zero attached hydrogens (tertiary/aromatic N) is 2. The summed E-state index contributed by atoms with van der Waals surface area (Å²) in [7, 11) is 1.86. The van der Waals surface area contributed by atoms with Crippen molar-refractivity contribution in [2.45, 2.75) is 20.3 Å². The largest absolute Gasteiger partial charge is 0.478 e. The Morgan fingerprint density at radius 1 is 1.53 bits per heavy atom. The first-order valence-electron chi connectivity index (χ1n) is 4.98. The molecule has 0 bridgehead atoms. The van der Waals surface area contributed by atoms with Crippen LogP contribution in [0.4, 0.5) is 5.82 Å². The molecule has 0 radical (unpaired) electrons. The second-order valence-electron chi connectivity index (χ2n) is 3.55. The van der Waals surface area contributed by atoms with Crippen LogP contribution in [-0.2, 0) is 0 Å². The van der Waals surface area contributed by atoms with E-state index in [4.69, 9.17) is 5.11 Å². The number of hydrogen-bond donors (Lipinski definition) is 1. The van der Waals surface area contributed by atoms with Gasteiger partial charge in [-0.15, -0.1) is 0 Å². The summed E-state index contributed by atoms with van der Waals surface area (Å²) < 4.78 is 0. The van der Waals surface area contributed by atoms with E-state index in [0.29, 0.717) is 5.82 Å². The van der Waals surface area contributed by atoms with Gasteiger partial charge in [-0.3, -0.25) is 0 Å². The molecular weight excluding hydrogens is 192 g/mol. The topological polar surface area (TPSA) is 53.4 Å². The number of aryl methyl sites for hydroxylation is 1. The van der Waals surface area contributed by atoms with Crippen molar-refractivity contribution in [2.24, 2.45) is 0 Å². The molecule has 4 heteroatoms. The molecule has 0 amide bonds.